The summed E-state index contributed by atoms with van der Waals surface area (Å²) in [6, 6.07) is 11.5. The van der Waals surface area contributed by atoms with E-state index in [0.717, 1.165) is 5.56 Å². The monoisotopic (exact) mass is 325 g/mol. The van der Waals surface area contributed by atoms with Crippen LogP contribution in [0.15, 0.2) is 42.5 Å². The number of hydrogen-bond acceptors (Lipinski definition) is 1. The fourth-order valence-electron chi connectivity index (χ4n) is 1.90. The fraction of sp³-hybridized carbons (Fsp3) is 0.188. The third-order valence-corrected chi connectivity index (χ3v) is 3.66. The number of carbonyl (C=O) groups excluding carboxylic acids is 1. The quantitative estimate of drug-likeness (QED) is 0.868. The van der Waals surface area contributed by atoms with Crippen LogP contribution in [-0.4, -0.2) is 5.91 Å². The zero-order valence-electron chi connectivity index (χ0n) is 11.2. The highest BCUT2D eigenvalue weighted by atomic mass is 35.5. The van der Waals surface area contributed by atoms with E-state index in [2.05, 4.69) is 5.32 Å². The summed E-state index contributed by atoms with van der Waals surface area (Å²) in [6.07, 6.45) is 0.801. The number of amides is 1. The summed E-state index contributed by atoms with van der Waals surface area (Å²) >= 11 is 11.9. The molecule has 5 heteroatoms. The van der Waals surface area contributed by atoms with Crippen LogP contribution in [0.5, 0.6) is 0 Å². The van der Waals surface area contributed by atoms with Gasteiger partial charge in [-0.3, -0.25) is 4.79 Å². The Balaban J connectivity index is 1.84. The van der Waals surface area contributed by atoms with Crippen molar-refractivity contribution in [3.8, 4) is 0 Å². The summed E-state index contributed by atoms with van der Waals surface area (Å²) in [5.41, 5.74) is 1.33. The minimum Gasteiger partial charge on any atom is -0.352 e. The summed E-state index contributed by atoms with van der Waals surface area (Å²) in [6.45, 7) is 0.180. The number of nitrogens with one attached hydrogen (secondary N) is 1. The molecule has 2 aromatic carbocycles. The molecule has 0 radical (unpaired) electrons. The average Bonchev–Trinajstić information content (AvgIpc) is 2.45. The van der Waals surface area contributed by atoms with Gasteiger partial charge in [-0.1, -0.05) is 47.5 Å². The predicted octanol–water partition coefficient (Wildman–Crippen LogP) is 4.38. The van der Waals surface area contributed by atoms with Crippen molar-refractivity contribution in [3.05, 3.63) is 69.5 Å². The summed E-state index contributed by atoms with van der Waals surface area (Å²) in [5.74, 6) is -0.470. The molecule has 1 N–H and O–H groups in total. The molecule has 0 aliphatic heterocycles. The Labute approximate surface area is 132 Å². The second-order valence-corrected chi connectivity index (χ2v) is 5.45. The maximum Gasteiger partial charge on any atom is 0.220 e. The van der Waals surface area contributed by atoms with Crippen molar-refractivity contribution in [1.82, 2.24) is 5.32 Å². The maximum atomic E-state index is 13.4. The van der Waals surface area contributed by atoms with Gasteiger partial charge in [-0.05, 0) is 30.2 Å². The molecular formula is C16H14Cl2FNO. The Kier molecular flexibility index (Phi) is 5.59. The summed E-state index contributed by atoms with van der Waals surface area (Å²) in [5, 5.41) is 3.80. The van der Waals surface area contributed by atoms with Gasteiger partial charge in [-0.25, -0.2) is 4.39 Å². The van der Waals surface area contributed by atoms with Gasteiger partial charge in [0.25, 0.3) is 0 Å². The van der Waals surface area contributed by atoms with Gasteiger partial charge in [0, 0.05) is 28.6 Å². The van der Waals surface area contributed by atoms with Crippen LogP contribution in [0.2, 0.25) is 10.0 Å². The normalized spacial score (nSPS) is 10.4. The van der Waals surface area contributed by atoms with E-state index in [1.54, 1.807) is 36.4 Å². The minimum atomic E-state index is -0.321. The van der Waals surface area contributed by atoms with Crippen molar-refractivity contribution in [3.63, 3.8) is 0 Å². The van der Waals surface area contributed by atoms with Crippen LogP contribution in [0.1, 0.15) is 17.5 Å². The number of benzene rings is 2. The van der Waals surface area contributed by atoms with Crippen molar-refractivity contribution < 1.29 is 9.18 Å². The molecule has 0 fully saturated rings. The Hall–Kier alpha value is -1.58. The molecule has 21 heavy (non-hydrogen) atoms. The van der Waals surface area contributed by atoms with E-state index in [4.69, 9.17) is 23.2 Å². The van der Waals surface area contributed by atoms with Gasteiger partial charge in [0.15, 0.2) is 0 Å². The van der Waals surface area contributed by atoms with Crippen LogP contribution in [0.25, 0.3) is 0 Å². The first-order chi connectivity index (χ1) is 10.1. The molecule has 0 unspecified atom stereocenters. The molecule has 0 aliphatic rings. The lowest BCUT2D eigenvalue weighted by Crippen LogP contribution is -2.23. The Bertz CT molecular complexity index is 646. The van der Waals surface area contributed by atoms with Crippen molar-refractivity contribution >= 4 is 29.1 Å². The molecule has 0 saturated heterocycles. The predicted molar refractivity (Wildman–Crippen MR) is 83.0 cm³/mol. The molecule has 0 bridgehead atoms. The first-order valence-electron chi connectivity index (χ1n) is 6.50. The van der Waals surface area contributed by atoms with Gasteiger partial charge >= 0.3 is 0 Å². The van der Waals surface area contributed by atoms with E-state index in [1.165, 1.54) is 6.07 Å². The highest BCUT2D eigenvalue weighted by Gasteiger charge is 2.07. The Morgan fingerprint density at radius 1 is 1.10 bits per heavy atom. The maximum absolute atomic E-state index is 13.4. The van der Waals surface area contributed by atoms with E-state index < -0.39 is 0 Å². The van der Waals surface area contributed by atoms with Crippen LogP contribution in [-0.2, 0) is 17.8 Å². The molecule has 0 aliphatic carbocycles. The molecule has 0 saturated carbocycles. The lowest BCUT2D eigenvalue weighted by Gasteiger charge is -2.07. The number of rotatable bonds is 5. The van der Waals surface area contributed by atoms with Crippen molar-refractivity contribution in [2.24, 2.45) is 0 Å². The largest absolute Gasteiger partial charge is 0.352 e. The molecule has 2 rings (SSSR count). The van der Waals surface area contributed by atoms with Crippen molar-refractivity contribution in [2.75, 3.05) is 0 Å². The van der Waals surface area contributed by atoms with Crippen LogP contribution >= 0.6 is 23.2 Å². The first kappa shape index (κ1) is 15.8. The molecule has 0 spiro atoms. The topological polar surface area (TPSA) is 29.1 Å². The number of hydrogen-bond donors (Lipinski definition) is 1. The van der Waals surface area contributed by atoms with E-state index in [9.17, 15) is 9.18 Å². The lowest BCUT2D eigenvalue weighted by molar-refractivity contribution is -0.121. The lowest BCUT2D eigenvalue weighted by atomic mass is 10.1. The SMILES string of the molecule is O=C(CCc1ccc(Cl)cc1Cl)NCc1ccccc1F. The van der Waals surface area contributed by atoms with Gasteiger partial charge in [0.05, 0.1) is 0 Å². The summed E-state index contributed by atoms with van der Waals surface area (Å²) in [4.78, 5) is 11.8. The number of halogens is 3. The molecule has 110 valence electrons. The molecule has 2 nitrogen and oxygen atoms in total. The summed E-state index contributed by atoms with van der Waals surface area (Å²) in [7, 11) is 0. The van der Waals surface area contributed by atoms with Crippen molar-refractivity contribution in [2.45, 2.75) is 19.4 Å². The van der Waals surface area contributed by atoms with Crippen LogP contribution in [0.3, 0.4) is 0 Å². The third-order valence-electron chi connectivity index (χ3n) is 3.07. The zero-order chi connectivity index (χ0) is 15.2. The van der Waals surface area contributed by atoms with Gasteiger partial charge < -0.3 is 5.32 Å². The van der Waals surface area contributed by atoms with Crippen LogP contribution in [0, 0.1) is 5.82 Å². The Morgan fingerprint density at radius 2 is 1.86 bits per heavy atom. The minimum absolute atomic E-state index is 0.149. The highest BCUT2D eigenvalue weighted by Crippen LogP contribution is 2.22. The average molecular weight is 326 g/mol. The van der Waals surface area contributed by atoms with Crippen LogP contribution < -0.4 is 5.32 Å². The molecular weight excluding hydrogens is 312 g/mol. The number of aryl methyl sites for hydroxylation is 1. The van der Waals surface area contributed by atoms with E-state index in [-0.39, 0.29) is 24.7 Å². The third kappa shape index (κ3) is 4.73. The van der Waals surface area contributed by atoms with E-state index in [1.807, 2.05) is 0 Å². The highest BCUT2D eigenvalue weighted by molar-refractivity contribution is 6.35. The summed E-state index contributed by atoms with van der Waals surface area (Å²) < 4.78 is 13.4. The van der Waals surface area contributed by atoms with Gasteiger partial charge in [0.1, 0.15) is 5.82 Å². The molecule has 0 aromatic heterocycles. The Morgan fingerprint density at radius 3 is 2.57 bits per heavy atom. The first-order valence-corrected chi connectivity index (χ1v) is 7.26. The molecule has 0 atom stereocenters. The van der Waals surface area contributed by atoms with Crippen molar-refractivity contribution in [1.29, 1.82) is 0 Å². The molecule has 1 amide bonds. The van der Waals surface area contributed by atoms with E-state index in [0.29, 0.717) is 22.0 Å². The van der Waals surface area contributed by atoms with Gasteiger partial charge in [-0.2, -0.15) is 0 Å². The zero-order valence-corrected chi connectivity index (χ0v) is 12.7. The standard InChI is InChI=1S/C16H14Cl2FNO/c17-13-7-5-11(14(18)9-13)6-8-16(21)20-10-12-3-1-2-4-15(12)19/h1-5,7,9H,6,8,10H2,(H,20,21). The smallest absolute Gasteiger partial charge is 0.220 e. The molecule has 0 heterocycles. The second-order valence-electron chi connectivity index (χ2n) is 4.60. The molecule has 2 aromatic rings. The number of carbonyl (C=O) groups is 1. The fourth-order valence-corrected chi connectivity index (χ4v) is 2.40. The van der Waals surface area contributed by atoms with E-state index >= 15 is 0 Å². The van der Waals surface area contributed by atoms with Crippen LogP contribution in [0.4, 0.5) is 4.39 Å². The van der Waals surface area contributed by atoms with Gasteiger partial charge in [0.2, 0.25) is 5.91 Å². The second kappa shape index (κ2) is 7.43. The van der Waals surface area contributed by atoms with Gasteiger partial charge in [-0.15, -0.1) is 0 Å².